The molecule has 0 atom stereocenters. The Kier molecular flexibility index (Phi) is 5.86. The van der Waals surface area contributed by atoms with Gasteiger partial charge in [0.25, 0.3) is 5.91 Å². The number of hydrogen-bond acceptors (Lipinski definition) is 3. The van der Waals surface area contributed by atoms with Crippen LogP contribution in [0.15, 0.2) is 24.3 Å². The van der Waals surface area contributed by atoms with Crippen LogP contribution in [0.3, 0.4) is 0 Å². The van der Waals surface area contributed by atoms with E-state index in [0.717, 1.165) is 5.56 Å². The normalized spacial score (nSPS) is 10.5. The first-order chi connectivity index (χ1) is 8.95. The van der Waals surface area contributed by atoms with E-state index in [0.29, 0.717) is 15.7 Å². The van der Waals surface area contributed by atoms with Crippen molar-refractivity contribution in [1.29, 1.82) is 0 Å². The first kappa shape index (κ1) is 15.5. The lowest BCUT2D eigenvalue weighted by Gasteiger charge is -2.10. The molecule has 0 radical (unpaired) electrons. The summed E-state index contributed by atoms with van der Waals surface area (Å²) >= 11 is 12.0. The molecule has 6 heteroatoms. The second-order valence-electron chi connectivity index (χ2n) is 3.71. The summed E-state index contributed by atoms with van der Waals surface area (Å²) in [5.74, 6) is -1.09. The monoisotopic (exact) mass is 301 g/mol. The highest BCUT2D eigenvalue weighted by molar-refractivity contribution is 6.40. The van der Waals surface area contributed by atoms with E-state index in [1.807, 2.05) is 0 Å². The molecule has 0 aliphatic rings. The van der Waals surface area contributed by atoms with Crippen molar-refractivity contribution >= 4 is 40.8 Å². The van der Waals surface area contributed by atoms with Gasteiger partial charge in [0, 0.05) is 6.08 Å². The quantitative estimate of drug-likeness (QED) is 0.685. The number of carbonyl (C=O) groups is 2. The maximum Gasteiger partial charge on any atom is 0.330 e. The summed E-state index contributed by atoms with van der Waals surface area (Å²) < 4.78 is 4.70. The fourth-order valence-corrected chi connectivity index (χ4v) is 1.73. The zero-order valence-corrected chi connectivity index (χ0v) is 12.0. The van der Waals surface area contributed by atoms with Crippen LogP contribution in [0.1, 0.15) is 12.5 Å². The molecule has 0 spiro atoms. The highest BCUT2D eigenvalue weighted by atomic mass is 35.5. The van der Waals surface area contributed by atoms with Gasteiger partial charge in [-0.1, -0.05) is 35.3 Å². The van der Waals surface area contributed by atoms with E-state index in [4.69, 9.17) is 27.9 Å². The molecule has 0 aliphatic heterocycles. The van der Waals surface area contributed by atoms with Crippen molar-refractivity contribution in [3.05, 3.63) is 39.9 Å². The fourth-order valence-electron chi connectivity index (χ4n) is 1.27. The molecule has 0 unspecified atom stereocenters. The molecule has 0 aliphatic carbocycles. The third-order valence-corrected chi connectivity index (χ3v) is 3.00. The van der Waals surface area contributed by atoms with Crippen molar-refractivity contribution in [1.82, 2.24) is 0 Å². The molecular weight excluding hydrogens is 289 g/mol. The summed E-state index contributed by atoms with van der Waals surface area (Å²) in [6.45, 7) is 3.07. The van der Waals surface area contributed by atoms with Gasteiger partial charge in [-0.3, -0.25) is 4.79 Å². The Morgan fingerprint density at radius 2 is 2.05 bits per heavy atom. The number of allylic oxidation sites excluding steroid dienone is 1. The number of aryl methyl sites for hydroxylation is 1. The van der Waals surface area contributed by atoms with Crippen molar-refractivity contribution in [3.63, 3.8) is 0 Å². The second-order valence-corrected chi connectivity index (χ2v) is 4.49. The lowest BCUT2D eigenvalue weighted by atomic mass is 10.2. The minimum atomic E-state index is -0.584. The smallest absolute Gasteiger partial charge is 0.330 e. The van der Waals surface area contributed by atoms with Crippen molar-refractivity contribution in [2.75, 3.05) is 11.9 Å². The molecule has 0 saturated heterocycles. The van der Waals surface area contributed by atoms with Crippen LogP contribution in [0.5, 0.6) is 0 Å². The van der Waals surface area contributed by atoms with Gasteiger partial charge in [0.05, 0.1) is 15.7 Å². The van der Waals surface area contributed by atoms with Crippen LogP contribution in [0.4, 0.5) is 5.69 Å². The minimum absolute atomic E-state index is 0.315. The maximum atomic E-state index is 11.6. The third-order valence-electron chi connectivity index (χ3n) is 2.20. The molecule has 0 fully saturated rings. The van der Waals surface area contributed by atoms with Gasteiger partial charge < -0.3 is 10.1 Å². The second kappa shape index (κ2) is 7.16. The van der Waals surface area contributed by atoms with Gasteiger partial charge in [0.15, 0.2) is 6.61 Å². The van der Waals surface area contributed by atoms with Gasteiger partial charge >= 0.3 is 5.97 Å². The zero-order chi connectivity index (χ0) is 14.4. The molecule has 1 aromatic rings. The summed E-state index contributed by atoms with van der Waals surface area (Å²) in [7, 11) is 0. The van der Waals surface area contributed by atoms with Crippen LogP contribution in [0.25, 0.3) is 0 Å². The number of rotatable bonds is 4. The molecule has 1 rings (SSSR count). The molecule has 19 heavy (non-hydrogen) atoms. The highest BCUT2D eigenvalue weighted by Crippen LogP contribution is 2.32. The van der Waals surface area contributed by atoms with Crippen LogP contribution in [0.2, 0.25) is 10.0 Å². The van der Waals surface area contributed by atoms with E-state index >= 15 is 0 Å². The van der Waals surface area contributed by atoms with Crippen molar-refractivity contribution in [2.45, 2.75) is 13.8 Å². The predicted molar refractivity (Wildman–Crippen MR) is 75.6 cm³/mol. The average Bonchev–Trinajstić information content (AvgIpc) is 2.37. The molecule has 1 N–H and O–H groups in total. The topological polar surface area (TPSA) is 55.4 Å². The average molecular weight is 302 g/mol. The largest absolute Gasteiger partial charge is 0.452 e. The van der Waals surface area contributed by atoms with Crippen molar-refractivity contribution < 1.29 is 14.3 Å². The number of halogens is 2. The first-order valence-corrected chi connectivity index (χ1v) is 6.25. The lowest BCUT2D eigenvalue weighted by Crippen LogP contribution is -2.20. The van der Waals surface area contributed by atoms with Gasteiger partial charge in [0.1, 0.15) is 0 Å². The van der Waals surface area contributed by atoms with E-state index < -0.39 is 18.5 Å². The zero-order valence-electron chi connectivity index (χ0n) is 10.5. The molecular formula is C13H13Cl2NO3. The van der Waals surface area contributed by atoms with Crippen LogP contribution in [-0.4, -0.2) is 18.5 Å². The molecule has 4 nitrogen and oxygen atoms in total. The van der Waals surface area contributed by atoms with E-state index in [1.54, 1.807) is 26.0 Å². The fraction of sp³-hybridized carbons (Fsp3) is 0.231. The van der Waals surface area contributed by atoms with Gasteiger partial charge in [-0.2, -0.15) is 0 Å². The molecule has 0 aromatic heterocycles. The predicted octanol–water partition coefficient (Wildman–Crippen LogP) is 3.36. The Hall–Kier alpha value is -1.52. The van der Waals surface area contributed by atoms with Gasteiger partial charge in [-0.05, 0) is 25.5 Å². The van der Waals surface area contributed by atoms with Gasteiger partial charge in [-0.25, -0.2) is 4.79 Å². The van der Waals surface area contributed by atoms with Gasteiger partial charge in [0.2, 0.25) is 0 Å². The summed E-state index contributed by atoms with van der Waals surface area (Å²) in [6, 6.07) is 3.37. The van der Waals surface area contributed by atoms with E-state index in [9.17, 15) is 9.59 Å². The number of carbonyl (C=O) groups excluding carboxylic acids is 2. The Morgan fingerprint density at radius 3 is 2.68 bits per heavy atom. The molecule has 0 saturated carbocycles. The number of amides is 1. The molecule has 1 amide bonds. The van der Waals surface area contributed by atoms with Crippen LogP contribution in [-0.2, 0) is 14.3 Å². The highest BCUT2D eigenvalue weighted by Gasteiger charge is 2.12. The Morgan fingerprint density at radius 1 is 1.37 bits per heavy atom. The number of hydrogen-bond donors (Lipinski definition) is 1. The molecule has 1 aromatic carbocycles. The summed E-state index contributed by atoms with van der Waals surface area (Å²) in [5.41, 5.74) is 1.10. The summed E-state index contributed by atoms with van der Waals surface area (Å²) in [6.07, 6.45) is 2.74. The standard InChI is InChI=1S/C13H13Cl2NO3/c1-3-4-11(18)19-7-10(17)16-13-9(14)6-5-8(2)12(13)15/h3-6H,7H2,1-2H3,(H,16,17). The minimum Gasteiger partial charge on any atom is -0.452 e. The van der Waals surface area contributed by atoms with Crippen LogP contribution in [0, 0.1) is 6.92 Å². The summed E-state index contributed by atoms with van der Waals surface area (Å²) in [5, 5.41) is 3.20. The van der Waals surface area contributed by atoms with Gasteiger partial charge in [-0.15, -0.1) is 0 Å². The van der Waals surface area contributed by atoms with Crippen molar-refractivity contribution in [2.24, 2.45) is 0 Å². The summed E-state index contributed by atoms with van der Waals surface area (Å²) in [4.78, 5) is 22.7. The molecule has 0 bridgehead atoms. The van der Waals surface area contributed by atoms with E-state index in [2.05, 4.69) is 5.32 Å². The lowest BCUT2D eigenvalue weighted by molar-refractivity contribution is -0.142. The Balaban J connectivity index is 2.68. The van der Waals surface area contributed by atoms with E-state index in [1.165, 1.54) is 12.2 Å². The molecule has 0 heterocycles. The number of benzene rings is 1. The number of anilines is 1. The SMILES string of the molecule is CC=CC(=O)OCC(=O)Nc1c(Cl)ccc(C)c1Cl. The number of ether oxygens (including phenoxy) is 1. The van der Waals surface area contributed by atoms with Crippen molar-refractivity contribution in [3.8, 4) is 0 Å². The Labute approximate surface area is 121 Å². The van der Waals surface area contributed by atoms with E-state index in [-0.39, 0.29) is 0 Å². The Bertz CT molecular complexity index is 527. The number of esters is 1. The molecule has 102 valence electrons. The maximum absolute atomic E-state index is 11.6. The first-order valence-electron chi connectivity index (χ1n) is 5.49. The third kappa shape index (κ3) is 4.58. The van der Waals surface area contributed by atoms with Crippen LogP contribution >= 0.6 is 23.2 Å². The number of nitrogens with one attached hydrogen (secondary N) is 1. The van der Waals surface area contributed by atoms with Crippen LogP contribution < -0.4 is 5.32 Å².